The molecule has 0 aliphatic carbocycles. The third-order valence-electron chi connectivity index (χ3n) is 1.66. The van der Waals surface area contributed by atoms with Gasteiger partial charge in [0, 0.05) is 13.0 Å². The Morgan fingerprint density at radius 3 is 2.73 bits per heavy atom. The van der Waals surface area contributed by atoms with Gasteiger partial charge in [-0.2, -0.15) is 5.26 Å². The highest BCUT2D eigenvalue weighted by molar-refractivity contribution is 5.91. The molecule has 1 amide bonds. The molecule has 0 aliphatic heterocycles. The summed E-state index contributed by atoms with van der Waals surface area (Å²) in [4.78, 5) is 20.7. The van der Waals surface area contributed by atoms with Crippen LogP contribution in [-0.2, 0) is 4.79 Å². The van der Waals surface area contributed by atoms with Crippen molar-refractivity contribution in [1.82, 2.24) is 0 Å². The van der Waals surface area contributed by atoms with Crippen LogP contribution in [0.5, 0.6) is 0 Å². The van der Waals surface area contributed by atoms with E-state index in [2.05, 4.69) is 5.32 Å². The van der Waals surface area contributed by atoms with Gasteiger partial charge < -0.3 is 5.32 Å². The number of rotatable bonds is 2. The van der Waals surface area contributed by atoms with Crippen molar-refractivity contribution >= 4 is 17.3 Å². The molecule has 0 bridgehead atoms. The van der Waals surface area contributed by atoms with E-state index in [1.807, 2.05) is 0 Å². The van der Waals surface area contributed by atoms with Crippen molar-refractivity contribution in [1.29, 1.82) is 5.26 Å². The van der Waals surface area contributed by atoms with Crippen molar-refractivity contribution in [2.75, 3.05) is 5.32 Å². The standard InChI is InChI=1S/C9H7N3O3/c1-6(13)11-8-3-2-4-9(12(14)15)7(8)5-10/h2-4H,1H3,(H,11,13). The third-order valence-corrected chi connectivity index (χ3v) is 1.66. The van der Waals surface area contributed by atoms with Crippen molar-refractivity contribution in [2.24, 2.45) is 0 Å². The number of benzene rings is 1. The normalized spacial score (nSPS) is 9.07. The lowest BCUT2D eigenvalue weighted by Crippen LogP contribution is -2.08. The number of amides is 1. The molecule has 0 saturated carbocycles. The highest BCUT2D eigenvalue weighted by Crippen LogP contribution is 2.25. The summed E-state index contributed by atoms with van der Waals surface area (Å²) in [6.07, 6.45) is 0. The first-order valence-corrected chi connectivity index (χ1v) is 4.01. The first kappa shape index (κ1) is 10.7. The van der Waals surface area contributed by atoms with Gasteiger partial charge in [-0.25, -0.2) is 0 Å². The number of anilines is 1. The highest BCUT2D eigenvalue weighted by atomic mass is 16.6. The van der Waals surface area contributed by atoms with Crippen LogP contribution < -0.4 is 5.32 Å². The van der Waals surface area contributed by atoms with Crippen LogP contribution >= 0.6 is 0 Å². The van der Waals surface area contributed by atoms with Gasteiger partial charge in [0.2, 0.25) is 5.91 Å². The van der Waals surface area contributed by atoms with E-state index in [9.17, 15) is 14.9 Å². The molecule has 6 heteroatoms. The second kappa shape index (κ2) is 4.19. The Kier molecular flexibility index (Phi) is 2.98. The monoisotopic (exact) mass is 205 g/mol. The van der Waals surface area contributed by atoms with Gasteiger partial charge in [0.1, 0.15) is 6.07 Å². The summed E-state index contributed by atoms with van der Waals surface area (Å²) in [6.45, 7) is 1.26. The van der Waals surface area contributed by atoms with Crippen molar-refractivity contribution in [3.05, 3.63) is 33.9 Å². The summed E-state index contributed by atoms with van der Waals surface area (Å²) >= 11 is 0. The zero-order chi connectivity index (χ0) is 11.4. The molecular formula is C9H7N3O3. The number of nitrogens with zero attached hydrogens (tertiary/aromatic N) is 2. The predicted octanol–water partition coefficient (Wildman–Crippen LogP) is 1.42. The molecular weight excluding hydrogens is 198 g/mol. The molecule has 0 heterocycles. The summed E-state index contributed by atoms with van der Waals surface area (Å²) < 4.78 is 0. The average Bonchev–Trinajstić information content (AvgIpc) is 2.16. The van der Waals surface area contributed by atoms with Crippen LogP contribution in [0.4, 0.5) is 11.4 Å². The molecule has 0 radical (unpaired) electrons. The molecule has 0 atom stereocenters. The van der Waals surface area contributed by atoms with Crippen LogP contribution in [0.2, 0.25) is 0 Å². The molecule has 0 aliphatic rings. The van der Waals surface area contributed by atoms with Crippen molar-refractivity contribution in [3.63, 3.8) is 0 Å². The van der Waals surface area contributed by atoms with Crippen LogP contribution in [0.15, 0.2) is 18.2 Å². The van der Waals surface area contributed by atoms with Gasteiger partial charge in [-0.3, -0.25) is 14.9 Å². The minimum atomic E-state index is -0.663. The summed E-state index contributed by atoms with van der Waals surface area (Å²) in [6, 6.07) is 5.75. The number of carbonyl (C=O) groups excluding carboxylic acids is 1. The lowest BCUT2D eigenvalue weighted by Gasteiger charge is -2.03. The van der Waals surface area contributed by atoms with E-state index in [4.69, 9.17) is 5.26 Å². The average molecular weight is 205 g/mol. The van der Waals surface area contributed by atoms with Crippen LogP contribution in [-0.4, -0.2) is 10.8 Å². The Morgan fingerprint density at radius 2 is 2.27 bits per heavy atom. The molecule has 15 heavy (non-hydrogen) atoms. The fourth-order valence-electron chi connectivity index (χ4n) is 1.10. The maximum atomic E-state index is 10.8. The molecule has 1 aromatic carbocycles. The first-order valence-electron chi connectivity index (χ1n) is 4.01. The van der Waals surface area contributed by atoms with Gasteiger partial charge in [0.15, 0.2) is 5.56 Å². The molecule has 0 aromatic heterocycles. The van der Waals surface area contributed by atoms with Gasteiger partial charge in [-0.05, 0) is 6.07 Å². The van der Waals surface area contributed by atoms with Crippen molar-refractivity contribution in [3.8, 4) is 6.07 Å². The molecule has 0 fully saturated rings. The fraction of sp³-hybridized carbons (Fsp3) is 0.111. The van der Waals surface area contributed by atoms with E-state index in [0.717, 1.165) is 0 Å². The summed E-state index contributed by atoms with van der Waals surface area (Å²) in [5.74, 6) is -0.382. The SMILES string of the molecule is CC(=O)Nc1cccc([N+](=O)[O-])c1C#N. The topological polar surface area (TPSA) is 96.0 Å². The molecule has 1 rings (SSSR count). The minimum absolute atomic E-state index is 0.141. The van der Waals surface area contributed by atoms with Gasteiger partial charge >= 0.3 is 0 Å². The van der Waals surface area contributed by atoms with Gasteiger partial charge in [-0.1, -0.05) is 6.07 Å². The largest absolute Gasteiger partial charge is 0.325 e. The van der Waals surface area contributed by atoms with E-state index in [0.29, 0.717) is 0 Å². The quantitative estimate of drug-likeness (QED) is 0.583. The third kappa shape index (κ3) is 2.28. The zero-order valence-electron chi connectivity index (χ0n) is 7.85. The van der Waals surface area contributed by atoms with E-state index >= 15 is 0 Å². The second-order valence-corrected chi connectivity index (χ2v) is 2.75. The summed E-state index contributed by atoms with van der Waals surface area (Å²) in [5, 5.41) is 21.7. The number of hydrogen-bond donors (Lipinski definition) is 1. The Bertz CT molecular complexity index is 462. The Labute approximate surface area is 85.3 Å². The van der Waals surface area contributed by atoms with Gasteiger partial charge in [0.25, 0.3) is 5.69 Å². The van der Waals surface area contributed by atoms with E-state index in [1.165, 1.54) is 25.1 Å². The fourth-order valence-corrected chi connectivity index (χ4v) is 1.10. The summed E-state index contributed by atoms with van der Waals surface area (Å²) in [7, 11) is 0. The maximum Gasteiger partial charge on any atom is 0.289 e. The molecule has 1 aromatic rings. The first-order chi connectivity index (χ1) is 7.06. The lowest BCUT2D eigenvalue weighted by atomic mass is 10.1. The van der Waals surface area contributed by atoms with Crippen LogP contribution in [0, 0.1) is 21.4 Å². The molecule has 0 unspecified atom stereocenters. The Hall–Kier alpha value is -2.42. The number of carbonyl (C=O) groups is 1. The van der Waals surface area contributed by atoms with Crippen molar-refractivity contribution < 1.29 is 9.72 Å². The lowest BCUT2D eigenvalue weighted by molar-refractivity contribution is -0.385. The van der Waals surface area contributed by atoms with Gasteiger partial charge in [0.05, 0.1) is 10.6 Å². The number of nitro groups is 1. The minimum Gasteiger partial charge on any atom is -0.325 e. The second-order valence-electron chi connectivity index (χ2n) is 2.75. The Balaban J connectivity index is 3.30. The van der Waals surface area contributed by atoms with E-state index in [-0.39, 0.29) is 22.8 Å². The van der Waals surface area contributed by atoms with Crippen LogP contribution in [0.3, 0.4) is 0 Å². The summed E-state index contributed by atoms with van der Waals surface area (Å²) in [5.41, 5.74) is -0.305. The zero-order valence-corrected chi connectivity index (χ0v) is 7.85. The van der Waals surface area contributed by atoms with Crippen LogP contribution in [0.25, 0.3) is 0 Å². The number of nitriles is 1. The predicted molar refractivity (Wildman–Crippen MR) is 52.1 cm³/mol. The molecule has 6 nitrogen and oxygen atoms in total. The number of nitrogens with one attached hydrogen (secondary N) is 1. The molecule has 1 N–H and O–H groups in total. The van der Waals surface area contributed by atoms with Crippen molar-refractivity contribution in [2.45, 2.75) is 6.92 Å². The maximum absolute atomic E-state index is 10.8. The van der Waals surface area contributed by atoms with E-state index in [1.54, 1.807) is 6.07 Å². The highest BCUT2D eigenvalue weighted by Gasteiger charge is 2.17. The smallest absolute Gasteiger partial charge is 0.289 e. The molecule has 0 saturated heterocycles. The number of nitro benzene ring substituents is 1. The van der Waals surface area contributed by atoms with Crippen LogP contribution in [0.1, 0.15) is 12.5 Å². The number of hydrogen-bond acceptors (Lipinski definition) is 4. The Morgan fingerprint density at radius 1 is 1.60 bits per heavy atom. The molecule has 76 valence electrons. The van der Waals surface area contributed by atoms with Gasteiger partial charge in [-0.15, -0.1) is 0 Å². The van der Waals surface area contributed by atoms with E-state index < -0.39 is 4.92 Å². The molecule has 0 spiro atoms.